The van der Waals surface area contributed by atoms with Crippen molar-refractivity contribution >= 4 is 5.91 Å². The van der Waals surface area contributed by atoms with Crippen molar-refractivity contribution in [2.24, 2.45) is 0 Å². The SMILES string of the molecule is C=C(C)C(=O)N(CC)C(C)C#N. The molecule has 0 spiro atoms. The fourth-order valence-corrected chi connectivity index (χ4v) is 0.908. The molecule has 0 bridgehead atoms. The van der Waals surface area contributed by atoms with E-state index in [2.05, 4.69) is 6.58 Å². The van der Waals surface area contributed by atoms with E-state index in [1.54, 1.807) is 13.8 Å². The second kappa shape index (κ2) is 4.55. The minimum absolute atomic E-state index is 0.147. The molecule has 1 atom stereocenters. The molecule has 1 unspecified atom stereocenters. The highest BCUT2D eigenvalue weighted by molar-refractivity contribution is 5.92. The topological polar surface area (TPSA) is 44.1 Å². The van der Waals surface area contributed by atoms with Gasteiger partial charge in [-0.2, -0.15) is 5.26 Å². The predicted octanol–water partition coefficient (Wildman–Crippen LogP) is 1.32. The molecular weight excluding hydrogens is 152 g/mol. The molecule has 0 aromatic carbocycles. The third kappa shape index (κ3) is 2.39. The van der Waals surface area contributed by atoms with Gasteiger partial charge in [0.05, 0.1) is 6.07 Å². The van der Waals surface area contributed by atoms with Crippen molar-refractivity contribution in [1.82, 2.24) is 4.90 Å². The Morgan fingerprint density at radius 2 is 2.25 bits per heavy atom. The number of carbonyl (C=O) groups is 1. The molecule has 0 saturated carbocycles. The summed E-state index contributed by atoms with van der Waals surface area (Å²) >= 11 is 0. The Morgan fingerprint density at radius 1 is 1.75 bits per heavy atom. The molecule has 0 aromatic rings. The van der Waals surface area contributed by atoms with Crippen molar-refractivity contribution in [2.75, 3.05) is 6.54 Å². The van der Waals surface area contributed by atoms with Crippen LogP contribution in [0.25, 0.3) is 0 Å². The largest absolute Gasteiger partial charge is 0.323 e. The summed E-state index contributed by atoms with van der Waals surface area (Å²) in [6.45, 7) is 9.27. The molecule has 3 nitrogen and oxygen atoms in total. The van der Waals surface area contributed by atoms with Crippen LogP contribution in [0.1, 0.15) is 20.8 Å². The highest BCUT2D eigenvalue weighted by Gasteiger charge is 2.17. The van der Waals surface area contributed by atoms with Crippen LogP contribution in [0.4, 0.5) is 0 Å². The van der Waals surface area contributed by atoms with Crippen molar-refractivity contribution in [3.8, 4) is 6.07 Å². The summed E-state index contributed by atoms with van der Waals surface area (Å²) in [5.74, 6) is -0.147. The zero-order valence-electron chi connectivity index (χ0n) is 7.79. The number of rotatable bonds is 3. The Hall–Kier alpha value is -1.30. The Bertz CT molecular complexity index is 227. The van der Waals surface area contributed by atoms with Crippen molar-refractivity contribution in [3.05, 3.63) is 12.2 Å². The summed E-state index contributed by atoms with van der Waals surface area (Å²) in [7, 11) is 0. The molecule has 1 amide bonds. The van der Waals surface area contributed by atoms with E-state index in [0.29, 0.717) is 12.1 Å². The van der Waals surface area contributed by atoms with Crippen LogP contribution in [0.3, 0.4) is 0 Å². The first-order valence-electron chi connectivity index (χ1n) is 3.90. The Labute approximate surface area is 73.3 Å². The van der Waals surface area contributed by atoms with Gasteiger partial charge in [0.15, 0.2) is 0 Å². The standard InChI is InChI=1S/C9H14N2O/c1-5-11(8(4)6-10)9(12)7(2)3/h8H,2,5H2,1,3-4H3. The number of hydrogen-bond donors (Lipinski definition) is 0. The maximum atomic E-state index is 11.3. The molecule has 0 N–H and O–H groups in total. The van der Waals surface area contributed by atoms with Crippen LogP contribution < -0.4 is 0 Å². The summed E-state index contributed by atoms with van der Waals surface area (Å²) in [4.78, 5) is 12.8. The fourth-order valence-electron chi connectivity index (χ4n) is 0.908. The average Bonchev–Trinajstić information content (AvgIpc) is 2.05. The van der Waals surface area contributed by atoms with Gasteiger partial charge in [-0.15, -0.1) is 0 Å². The first-order chi connectivity index (χ1) is 5.54. The Balaban J connectivity index is 4.47. The summed E-state index contributed by atoms with van der Waals surface area (Å²) in [5.41, 5.74) is 0.471. The number of hydrogen-bond acceptors (Lipinski definition) is 2. The zero-order valence-corrected chi connectivity index (χ0v) is 7.79. The number of nitriles is 1. The lowest BCUT2D eigenvalue weighted by atomic mass is 10.2. The van der Waals surface area contributed by atoms with E-state index in [4.69, 9.17) is 5.26 Å². The predicted molar refractivity (Wildman–Crippen MR) is 47.3 cm³/mol. The molecule has 12 heavy (non-hydrogen) atoms. The van der Waals surface area contributed by atoms with Gasteiger partial charge < -0.3 is 4.90 Å². The Morgan fingerprint density at radius 3 is 2.50 bits per heavy atom. The van der Waals surface area contributed by atoms with Crippen molar-refractivity contribution in [1.29, 1.82) is 5.26 Å². The molecular formula is C9H14N2O. The Kier molecular flexibility index (Phi) is 4.06. The van der Waals surface area contributed by atoms with Gasteiger partial charge in [0, 0.05) is 12.1 Å². The van der Waals surface area contributed by atoms with Gasteiger partial charge in [-0.1, -0.05) is 6.58 Å². The van der Waals surface area contributed by atoms with Crippen LogP contribution >= 0.6 is 0 Å². The summed E-state index contributed by atoms with van der Waals surface area (Å²) < 4.78 is 0. The molecule has 0 radical (unpaired) electrons. The molecule has 0 heterocycles. The molecule has 3 heteroatoms. The van der Waals surface area contributed by atoms with Gasteiger partial charge in [-0.05, 0) is 20.8 Å². The lowest BCUT2D eigenvalue weighted by molar-refractivity contribution is -0.127. The van der Waals surface area contributed by atoms with Gasteiger partial charge in [0.25, 0.3) is 0 Å². The first kappa shape index (κ1) is 10.7. The second-order valence-corrected chi connectivity index (χ2v) is 2.68. The molecule has 0 rings (SSSR count). The smallest absolute Gasteiger partial charge is 0.249 e. The van der Waals surface area contributed by atoms with E-state index in [-0.39, 0.29) is 11.9 Å². The van der Waals surface area contributed by atoms with Gasteiger partial charge in [0.1, 0.15) is 6.04 Å². The highest BCUT2D eigenvalue weighted by Crippen LogP contribution is 2.03. The van der Waals surface area contributed by atoms with Gasteiger partial charge in [-0.25, -0.2) is 0 Å². The van der Waals surface area contributed by atoms with Crippen LogP contribution in [-0.2, 0) is 4.79 Å². The van der Waals surface area contributed by atoms with Crippen molar-refractivity contribution in [3.63, 3.8) is 0 Å². The third-order valence-corrected chi connectivity index (χ3v) is 1.62. The monoisotopic (exact) mass is 166 g/mol. The van der Waals surface area contributed by atoms with E-state index in [9.17, 15) is 4.79 Å². The fraction of sp³-hybridized carbons (Fsp3) is 0.556. The van der Waals surface area contributed by atoms with Crippen LogP contribution in [0.15, 0.2) is 12.2 Å². The molecule has 0 fully saturated rings. The van der Waals surface area contributed by atoms with Crippen LogP contribution in [0.2, 0.25) is 0 Å². The summed E-state index contributed by atoms with van der Waals surface area (Å²) in [6.07, 6.45) is 0. The minimum atomic E-state index is -0.376. The average molecular weight is 166 g/mol. The molecule has 66 valence electrons. The number of likely N-dealkylation sites (N-methyl/N-ethyl adjacent to an activating group) is 1. The molecule has 0 aliphatic carbocycles. The third-order valence-electron chi connectivity index (χ3n) is 1.62. The zero-order chi connectivity index (χ0) is 9.72. The molecule has 0 aromatic heterocycles. The van der Waals surface area contributed by atoms with Gasteiger partial charge in [-0.3, -0.25) is 4.79 Å². The normalized spacial score (nSPS) is 11.5. The second-order valence-electron chi connectivity index (χ2n) is 2.68. The minimum Gasteiger partial charge on any atom is -0.323 e. The van der Waals surface area contributed by atoms with Crippen LogP contribution in [-0.4, -0.2) is 23.4 Å². The summed E-state index contributed by atoms with van der Waals surface area (Å²) in [5, 5.41) is 8.59. The summed E-state index contributed by atoms with van der Waals surface area (Å²) in [6, 6.07) is 1.64. The number of nitrogens with zero attached hydrogens (tertiary/aromatic N) is 2. The lowest BCUT2D eigenvalue weighted by Crippen LogP contribution is -2.37. The van der Waals surface area contributed by atoms with Crippen LogP contribution in [0, 0.1) is 11.3 Å². The first-order valence-corrected chi connectivity index (χ1v) is 3.90. The highest BCUT2D eigenvalue weighted by atomic mass is 16.2. The molecule has 0 saturated heterocycles. The van der Waals surface area contributed by atoms with Crippen molar-refractivity contribution < 1.29 is 4.79 Å². The number of amides is 1. The quantitative estimate of drug-likeness (QED) is 0.593. The van der Waals surface area contributed by atoms with E-state index in [1.807, 2.05) is 13.0 Å². The lowest BCUT2D eigenvalue weighted by Gasteiger charge is -2.22. The van der Waals surface area contributed by atoms with E-state index < -0.39 is 0 Å². The van der Waals surface area contributed by atoms with Crippen molar-refractivity contribution in [2.45, 2.75) is 26.8 Å². The van der Waals surface area contributed by atoms with Gasteiger partial charge in [0.2, 0.25) is 5.91 Å². The van der Waals surface area contributed by atoms with E-state index in [0.717, 1.165) is 0 Å². The molecule has 0 aliphatic rings. The maximum absolute atomic E-state index is 11.3. The van der Waals surface area contributed by atoms with E-state index in [1.165, 1.54) is 4.90 Å². The van der Waals surface area contributed by atoms with Gasteiger partial charge >= 0.3 is 0 Å². The maximum Gasteiger partial charge on any atom is 0.249 e. The number of carbonyl (C=O) groups excluding carboxylic acids is 1. The van der Waals surface area contributed by atoms with E-state index >= 15 is 0 Å². The molecule has 0 aliphatic heterocycles. The van der Waals surface area contributed by atoms with Crippen LogP contribution in [0.5, 0.6) is 0 Å².